The predicted octanol–water partition coefficient (Wildman–Crippen LogP) is 3.85. The molecule has 164 valence electrons. The molecule has 0 saturated heterocycles. The van der Waals surface area contributed by atoms with Crippen LogP contribution in [0.4, 0.5) is 0 Å². The molecule has 1 N–H and O–H groups in total. The molecule has 0 bridgehead atoms. The van der Waals surface area contributed by atoms with Crippen molar-refractivity contribution < 1.29 is 33.0 Å². The quantitative estimate of drug-likeness (QED) is 0.248. The lowest BCUT2D eigenvalue weighted by Gasteiger charge is -2.11. The van der Waals surface area contributed by atoms with Gasteiger partial charge in [-0.15, -0.1) is 0 Å². The highest BCUT2D eigenvalue weighted by molar-refractivity contribution is 6.31. The number of nitrogens with one attached hydrogen (secondary N) is 1. The van der Waals surface area contributed by atoms with Crippen LogP contribution in [0.5, 0.6) is 17.2 Å². The highest BCUT2D eigenvalue weighted by Gasteiger charge is 2.16. The second-order valence-corrected chi connectivity index (χ2v) is 6.64. The number of carbonyl (C=O) groups excluding carboxylic acids is 3. The van der Waals surface area contributed by atoms with Crippen molar-refractivity contribution in [2.75, 3.05) is 7.11 Å². The first-order chi connectivity index (χ1) is 15.4. The van der Waals surface area contributed by atoms with E-state index in [1.54, 1.807) is 6.07 Å². The zero-order valence-corrected chi connectivity index (χ0v) is 17.7. The van der Waals surface area contributed by atoms with Crippen molar-refractivity contribution in [1.82, 2.24) is 5.43 Å². The second kappa shape index (κ2) is 10.3. The lowest BCUT2D eigenvalue weighted by Crippen LogP contribution is -2.17. The van der Waals surface area contributed by atoms with Crippen molar-refractivity contribution in [1.29, 1.82) is 0 Å². The van der Waals surface area contributed by atoms with E-state index in [9.17, 15) is 14.4 Å². The third-order valence-electron chi connectivity index (χ3n) is 3.94. The van der Waals surface area contributed by atoms with Crippen LogP contribution in [0.3, 0.4) is 0 Å². The molecule has 3 aromatic rings. The van der Waals surface area contributed by atoms with E-state index < -0.39 is 17.8 Å². The number of benzene rings is 2. The van der Waals surface area contributed by atoms with Gasteiger partial charge in [-0.25, -0.2) is 10.2 Å². The van der Waals surface area contributed by atoms with Crippen molar-refractivity contribution >= 4 is 35.7 Å². The van der Waals surface area contributed by atoms with Crippen LogP contribution in [0.1, 0.15) is 33.4 Å². The Morgan fingerprint density at radius 2 is 1.81 bits per heavy atom. The number of halogens is 1. The van der Waals surface area contributed by atoms with Gasteiger partial charge >= 0.3 is 17.8 Å². The van der Waals surface area contributed by atoms with E-state index in [1.165, 1.54) is 69.0 Å². The number of hydrogen-bond acceptors (Lipinski definition) is 8. The Kier molecular flexibility index (Phi) is 7.25. The van der Waals surface area contributed by atoms with E-state index >= 15 is 0 Å². The second-order valence-electron chi connectivity index (χ2n) is 6.21. The number of carbonyl (C=O) groups is 3. The Bertz CT molecular complexity index is 1170. The van der Waals surface area contributed by atoms with E-state index in [0.29, 0.717) is 10.6 Å². The van der Waals surface area contributed by atoms with Gasteiger partial charge in [-0.1, -0.05) is 11.6 Å². The van der Waals surface area contributed by atoms with Gasteiger partial charge in [0.25, 0.3) is 0 Å². The van der Waals surface area contributed by atoms with Crippen molar-refractivity contribution in [3.8, 4) is 17.2 Å². The van der Waals surface area contributed by atoms with Gasteiger partial charge in [0.1, 0.15) is 5.75 Å². The first-order valence-electron chi connectivity index (χ1n) is 9.12. The van der Waals surface area contributed by atoms with E-state index in [0.717, 1.165) is 0 Å². The van der Waals surface area contributed by atoms with Crippen molar-refractivity contribution in [2.24, 2.45) is 5.10 Å². The Morgan fingerprint density at radius 3 is 2.50 bits per heavy atom. The SMILES string of the molecule is COc1cc(C(=O)Oc2ccc(Cl)cc2/C=N/NC(=O)c2ccco2)ccc1OC(C)=O. The maximum absolute atomic E-state index is 12.6. The molecule has 9 nitrogen and oxygen atoms in total. The van der Waals surface area contributed by atoms with E-state index in [1.807, 2.05) is 0 Å². The number of amides is 1. The Morgan fingerprint density at radius 1 is 1.03 bits per heavy atom. The van der Waals surface area contributed by atoms with Gasteiger partial charge in [0, 0.05) is 17.5 Å². The lowest BCUT2D eigenvalue weighted by atomic mass is 10.2. The lowest BCUT2D eigenvalue weighted by molar-refractivity contribution is -0.132. The normalized spacial score (nSPS) is 10.6. The summed E-state index contributed by atoms with van der Waals surface area (Å²) >= 11 is 6.03. The minimum Gasteiger partial charge on any atom is -0.493 e. The highest BCUT2D eigenvalue weighted by Crippen LogP contribution is 2.29. The van der Waals surface area contributed by atoms with Crippen molar-refractivity contribution in [2.45, 2.75) is 6.92 Å². The molecular formula is C22H17ClN2O7. The smallest absolute Gasteiger partial charge is 0.343 e. The molecule has 1 aromatic heterocycles. The summed E-state index contributed by atoms with van der Waals surface area (Å²) in [5.74, 6) is -1.18. The van der Waals surface area contributed by atoms with Gasteiger partial charge in [-0.3, -0.25) is 9.59 Å². The molecule has 0 aliphatic heterocycles. The van der Waals surface area contributed by atoms with Crippen LogP contribution >= 0.6 is 11.6 Å². The van der Waals surface area contributed by atoms with Gasteiger partial charge in [0.2, 0.25) is 0 Å². The first kappa shape index (κ1) is 22.6. The van der Waals surface area contributed by atoms with Crippen LogP contribution in [0.2, 0.25) is 5.02 Å². The average Bonchev–Trinajstić information content (AvgIpc) is 3.30. The molecule has 1 amide bonds. The summed E-state index contributed by atoms with van der Waals surface area (Å²) in [5, 5.41) is 4.21. The summed E-state index contributed by atoms with van der Waals surface area (Å²) in [7, 11) is 1.38. The fraction of sp³-hybridized carbons (Fsp3) is 0.0909. The summed E-state index contributed by atoms with van der Waals surface area (Å²) in [4.78, 5) is 35.7. The average molecular weight is 457 g/mol. The summed E-state index contributed by atoms with van der Waals surface area (Å²) in [5.41, 5.74) is 2.79. The van der Waals surface area contributed by atoms with E-state index in [4.69, 9.17) is 30.2 Å². The van der Waals surface area contributed by atoms with Crippen molar-refractivity contribution in [3.05, 3.63) is 76.7 Å². The van der Waals surface area contributed by atoms with Gasteiger partial charge in [0.05, 0.1) is 25.2 Å². The minimum absolute atomic E-state index is 0.0889. The molecule has 0 radical (unpaired) electrons. The molecule has 0 unspecified atom stereocenters. The van der Waals surface area contributed by atoms with Gasteiger partial charge < -0.3 is 18.6 Å². The highest BCUT2D eigenvalue weighted by atomic mass is 35.5. The van der Waals surface area contributed by atoms with E-state index in [2.05, 4.69) is 10.5 Å². The third-order valence-corrected chi connectivity index (χ3v) is 4.18. The Labute approximate surface area is 187 Å². The maximum atomic E-state index is 12.6. The number of hydrogen-bond donors (Lipinski definition) is 1. The minimum atomic E-state index is -0.700. The van der Waals surface area contributed by atoms with Gasteiger partial charge in [-0.05, 0) is 48.5 Å². The molecule has 32 heavy (non-hydrogen) atoms. The standard InChI is InChI=1S/C22H17ClN2O7/c1-13(26)31-18-7-5-14(11-20(18)29-2)22(28)32-17-8-6-16(23)10-15(17)12-24-25-21(27)19-4-3-9-30-19/h3-12H,1-2H3,(H,25,27)/b24-12+. The Hall–Kier alpha value is -4.11. The number of furan rings is 1. The fourth-order valence-corrected chi connectivity index (χ4v) is 2.71. The topological polar surface area (TPSA) is 116 Å². The molecule has 3 rings (SSSR count). The summed E-state index contributed by atoms with van der Waals surface area (Å²) in [6, 6.07) is 11.8. The zero-order valence-electron chi connectivity index (χ0n) is 17.0. The van der Waals surface area contributed by atoms with Gasteiger partial charge in [0.15, 0.2) is 17.3 Å². The molecule has 0 saturated carbocycles. The molecular weight excluding hydrogens is 440 g/mol. The van der Waals surface area contributed by atoms with Gasteiger partial charge in [-0.2, -0.15) is 5.10 Å². The third kappa shape index (κ3) is 5.73. The zero-order chi connectivity index (χ0) is 23.1. The number of methoxy groups -OCH3 is 1. The molecule has 0 spiro atoms. The monoisotopic (exact) mass is 456 g/mol. The predicted molar refractivity (Wildman–Crippen MR) is 114 cm³/mol. The summed E-state index contributed by atoms with van der Waals surface area (Å²) in [6.45, 7) is 1.25. The first-order valence-corrected chi connectivity index (χ1v) is 9.50. The van der Waals surface area contributed by atoms with Crippen LogP contribution in [0.25, 0.3) is 0 Å². The largest absolute Gasteiger partial charge is 0.493 e. The number of esters is 2. The Balaban J connectivity index is 1.77. The molecule has 0 fully saturated rings. The summed E-state index contributed by atoms with van der Waals surface area (Å²) < 4.78 is 20.6. The van der Waals surface area contributed by atoms with Crippen LogP contribution < -0.4 is 19.6 Å². The molecule has 1 heterocycles. The number of ether oxygens (including phenoxy) is 3. The number of hydrazone groups is 1. The number of nitrogens with zero attached hydrogens (tertiary/aromatic N) is 1. The molecule has 0 aliphatic carbocycles. The summed E-state index contributed by atoms with van der Waals surface area (Å²) in [6.07, 6.45) is 2.64. The van der Waals surface area contributed by atoms with E-state index in [-0.39, 0.29) is 28.6 Å². The van der Waals surface area contributed by atoms with Crippen LogP contribution in [-0.4, -0.2) is 31.2 Å². The fourth-order valence-electron chi connectivity index (χ4n) is 2.53. The van der Waals surface area contributed by atoms with Crippen LogP contribution in [0, 0.1) is 0 Å². The molecule has 0 atom stereocenters. The number of rotatable bonds is 7. The maximum Gasteiger partial charge on any atom is 0.343 e. The van der Waals surface area contributed by atoms with Crippen LogP contribution in [-0.2, 0) is 4.79 Å². The molecule has 0 aliphatic rings. The van der Waals surface area contributed by atoms with Crippen LogP contribution in [0.15, 0.2) is 64.3 Å². The molecule has 2 aromatic carbocycles. The van der Waals surface area contributed by atoms with Crippen molar-refractivity contribution in [3.63, 3.8) is 0 Å². The molecule has 10 heteroatoms.